The first-order valence-corrected chi connectivity index (χ1v) is 6.79. The second kappa shape index (κ2) is 7.50. The van der Waals surface area contributed by atoms with Crippen LogP contribution in [0.3, 0.4) is 0 Å². The number of hydrogen-bond donors (Lipinski definition) is 2. The largest absolute Gasteiger partial charge is 0.330 e. The maximum Gasteiger partial charge on any atom is 0.228 e. The summed E-state index contributed by atoms with van der Waals surface area (Å²) >= 11 is 0. The Kier molecular flexibility index (Phi) is 6.31. The van der Waals surface area contributed by atoms with Crippen molar-refractivity contribution in [3.05, 3.63) is 12.3 Å². The van der Waals surface area contributed by atoms with Gasteiger partial charge < -0.3 is 11.1 Å². The molecule has 6 heteroatoms. The summed E-state index contributed by atoms with van der Waals surface area (Å²) in [5.41, 5.74) is 5.72. The third kappa shape index (κ3) is 3.70. The van der Waals surface area contributed by atoms with Crippen molar-refractivity contribution in [1.29, 1.82) is 0 Å². The molecule has 108 valence electrons. The van der Waals surface area contributed by atoms with Crippen LogP contribution in [-0.2, 0) is 11.3 Å². The molecule has 1 amide bonds. The zero-order valence-corrected chi connectivity index (χ0v) is 12.2. The van der Waals surface area contributed by atoms with Gasteiger partial charge in [0.05, 0.1) is 6.20 Å². The maximum absolute atomic E-state index is 12.2. The lowest BCUT2D eigenvalue weighted by molar-refractivity contribution is -0.120. The first kappa shape index (κ1) is 16.0. The van der Waals surface area contributed by atoms with Crippen LogP contribution in [0.15, 0.2) is 12.3 Å². The number of carbonyl (C=O) groups is 1. The first-order chi connectivity index (χ1) is 8.76. The zero-order valence-electron chi connectivity index (χ0n) is 11.3. The Morgan fingerprint density at radius 3 is 3.05 bits per heavy atom. The van der Waals surface area contributed by atoms with Crippen molar-refractivity contribution in [3.63, 3.8) is 0 Å². The molecule has 0 spiro atoms. The second-order valence-corrected chi connectivity index (χ2v) is 4.96. The van der Waals surface area contributed by atoms with E-state index >= 15 is 0 Å². The predicted molar refractivity (Wildman–Crippen MR) is 78.3 cm³/mol. The Morgan fingerprint density at radius 1 is 1.58 bits per heavy atom. The van der Waals surface area contributed by atoms with Gasteiger partial charge in [0.2, 0.25) is 5.91 Å². The number of rotatable bonds is 5. The van der Waals surface area contributed by atoms with Crippen molar-refractivity contribution < 1.29 is 4.79 Å². The van der Waals surface area contributed by atoms with Crippen LogP contribution < -0.4 is 11.1 Å². The number of aryl methyl sites for hydroxylation is 1. The minimum Gasteiger partial charge on any atom is -0.330 e. The number of nitrogens with zero attached hydrogens (tertiary/aromatic N) is 2. The van der Waals surface area contributed by atoms with Crippen LogP contribution in [0.1, 0.15) is 32.6 Å². The van der Waals surface area contributed by atoms with E-state index in [0.717, 1.165) is 38.0 Å². The molecule has 0 aromatic carbocycles. The van der Waals surface area contributed by atoms with Gasteiger partial charge in [-0.15, -0.1) is 12.4 Å². The van der Waals surface area contributed by atoms with E-state index in [1.807, 2.05) is 10.7 Å². The number of nitrogens with one attached hydrogen (secondary N) is 1. The van der Waals surface area contributed by atoms with E-state index in [-0.39, 0.29) is 24.2 Å². The molecule has 3 N–H and O–H groups in total. The van der Waals surface area contributed by atoms with Gasteiger partial charge in [-0.1, -0.05) is 13.3 Å². The number of nitrogens with two attached hydrogens (primary N) is 1. The van der Waals surface area contributed by atoms with Crippen molar-refractivity contribution in [1.82, 2.24) is 9.78 Å². The van der Waals surface area contributed by atoms with Crippen LogP contribution in [0.2, 0.25) is 0 Å². The van der Waals surface area contributed by atoms with Crippen LogP contribution in [0.25, 0.3) is 0 Å². The van der Waals surface area contributed by atoms with Crippen LogP contribution in [0, 0.1) is 11.8 Å². The minimum absolute atomic E-state index is 0. The van der Waals surface area contributed by atoms with Crippen molar-refractivity contribution in [3.8, 4) is 0 Å². The van der Waals surface area contributed by atoms with E-state index in [0.29, 0.717) is 12.5 Å². The molecule has 1 aliphatic carbocycles. The fraction of sp³-hybridized carbons (Fsp3) is 0.692. The van der Waals surface area contributed by atoms with E-state index < -0.39 is 0 Å². The third-order valence-electron chi connectivity index (χ3n) is 3.70. The van der Waals surface area contributed by atoms with E-state index in [4.69, 9.17) is 5.73 Å². The molecule has 0 unspecified atom stereocenters. The summed E-state index contributed by atoms with van der Waals surface area (Å²) < 4.78 is 1.84. The average Bonchev–Trinajstić information content (AvgIpc) is 2.98. The molecule has 0 radical (unpaired) electrons. The summed E-state index contributed by atoms with van der Waals surface area (Å²) in [7, 11) is 0. The highest BCUT2D eigenvalue weighted by atomic mass is 35.5. The summed E-state index contributed by atoms with van der Waals surface area (Å²) in [5, 5.41) is 7.19. The van der Waals surface area contributed by atoms with Crippen molar-refractivity contribution >= 4 is 24.1 Å². The normalized spacial score (nSPS) is 22.0. The van der Waals surface area contributed by atoms with E-state index in [9.17, 15) is 4.79 Å². The van der Waals surface area contributed by atoms with Gasteiger partial charge in [0.25, 0.3) is 0 Å². The molecule has 19 heavy (non-hydrogen) atoms. The molecule has 1 saturated carbocycles. The molecular weight excluding hydrogens is 264 g/mol. The summed E-state index contributed by atoms with van der Waals surface area (Å²) in [6.07, 6.45) is 5.85. The molecular formula is C13H23ClN4O. The molecule has 1 fully saturated rings. The lowest BCUT2D eigenvalue weighted by Crippen LogP contribution is -2.30. The average molecular weight is 287 g/mol. The lowest BCUT2D eigenvalue weighted by atomic mass is 9.95. The Bertz CT molecular complexity index is 407. The monoisotopic (exact) mass is 286 g/mol. The molecule has 0 saturated heterocycles. The molecule has 2 atom stereocenters. The van der Waals surface area contributed by atoms with Gasteiger partial charge in [0.15, 0.2) is 0 Å². The summed E-state index contributed by atoms with van der Waals surface area (Å²) in [4.78, 5) is 12.2. The Labute approximate surface area is 120 Å². The van der Waals surface area contributed by atoms with Gasteiger partial charge >= 0.3 is 0 Å². The molecule has 1 aromatic heterocycles. The van der Waals surface area contributed by atoms with Gasteiger partial charge in [-0.3, -0.25) is 4.79 Å². The smallest absolute Gasteiger partial charge is 0.228 e. The number of hydrogen-bond acceptors (Lipinski definition) is 3. The Morgan fingerprint density at radius 2 is 2.37 bits per heavy atom. The highest BCUT2D eigenvalue weighted by Gasteiger charge is 2.32. The van der Waals surface area contributed by atoms with Gasteiger partial charge in [-0.2, -0.15) is 5.10 Å². The molecule has 0 aliphatic heterocycles. The Balaban J connectivity index is 0.00000180. The molecule has 2 rings (SSSR count). The minimum atomic E-state index is 0. The number of aromatic nitrogens is 2. The molecule has 1 aromatic rings. The highest BCUT2D eigenvalue weighted by Crippen LogP contribution is 2.31. The number of carbonyl (C=O) groups excluding carboxylic acids is 1. The SMILES string of the molecule is CCCn1nccc1NC(=O)[C@@H]1CCC[C@@H]1CN.Cl. The number of halogens is 1. The zero-order chi connectivity index (χ0) is 13.0. The summed E-state index contributed by atoms with van der Waals surface area (Å²) in [6.45, 7) is 3.52. The summed E-state index contributed by atoms with van der Waals surface area (Å²) in [5.74, 6) is 1.30. The second-order valence-electron chi connectivity index (χ2n) is 4.96. The van der Waals surface area contributed by atoms with E-state index in [1.165, 1.54) is 0 Å². The molecule has 0 bridgehead atoms. The highest BCUT2D eigenvalue weighted by molar-refractivity contribution is 5.92. The maximum atomic E-state index is 12.2. The van der Waals surface area contributed by atoms with Gasteiger partial charge in [-0.25, -0.2) is 4.68 Å². The van der Waals surface area contributed by atoms with Crippen molar-refractivity contribution in [2.75, 3.05) is 11.9 Å². The Hall–Kier alpha value is -1.07. The molecule has 5 nitrogen and oxygen atoms in total. The van der Waals surface area contributed by atoms with Crippen LogP contribution in [0.4, 0.5) is 5.82 Å². The fourth-order valence-corrected chi connectivity index (χ4v) is 2.71. The van der Waals surface area contributed by atoms with Crippen LogP contribution >= 0.6 is 12.4 Å². The number of amides is 1. The van der Waals surface area contributed by atoms with Crippen molar-refractivity contribution in [2.45, 2.75) is 39.2 Å². The van der Waals surface area contributed by atoms with E-state index in [1.54, 1.807) is 6.20 Å². The standard InChI is InChI=1S/C13H22N4O.ClH/c1-2-8-17-12(6-7-15-17)16-13(18)11-5-3-4-10(11)9-14;/h6-7,10-11H,2-5,8-9,14H2,1H3,(H,16,18);1H/t10-,11-;/m1./s1. The topological polar surface area (TPSA) is 72.9 Å². The van der Waals surface area contributed by atoms with Gasteiger partial charge in [0.1, 0.15) is 5.82 Å². The van der Waals surface area contributed by atoms with Crippen molar-refractivity contribution in [2.24, 2.45) is 17.6 Å². The van der Waals surface area contributed by atoms with Crippen LogP contribution in [-0.4, -0.2) is 22.2 Å². The molecule has 1 heterocycles. The first-order valence-electron chi connectivity index (χ1n) is 6.79. The fourth-order valence-electron chi connectivity index (χ4n) is 2.71. The number of anilines is 1. The molecule has 1 aliphatic rings. The quantitative estimate of drug-likeness (QED) is 0.870. The predicted octanol–water partition coefficient (Wildman–Crippen LogP) is 2.03. The lowest BCUT2D eigenvalue weighted by Gasteiger charge is -2.17. The summed E-state index contributed by atoms with van der Waals surface area (Å²) in [6, 6.07) is 1.85. The van der Waals surface area contributed by atoms with Gasteiger partial charge in [-0.05, 0) is 31.7 Å². The van der Waals surface area contributed by atoms with Gasteiger partial charge in [0, 0.05) is 18.5 Å². The van der Waals surface area contributed by atoms with Crippen LogP contribution in [0.5, 0.6) is 0 Å². The third-order valence-corrected chi connectivity index (χ3v) is 3.70. The van der Waals surface area contributed by atoms with E-state index in [2.05, 4.69) is 17.3 Å².